The number of nitrogens with one attached hydrogen (secondary N) is 2. The lowest BCUT2D eigenvalue weighted by molar-refractivity contribution is -0.116. The van der Waals surface area contributed by atoms with E-state index in [1.165, 1.54) is 12.4 Å². The van der Waals surface area contributed by atoms with Gasteiger partial charge in [0.25, 0.3) is 0 Å². The topological polar surface area (TPSA) is 94.0 Å². The molecule has 0 unspecified atom stereocenters. The van der Waals surface area contributed by atoms with Crippen molar-refractivity contribution in [3.63, 3.8) is 0 Å². The van der Waals surface area contributed by atoms with Gasteiger partial charge in [0.15, 0.2) is 0 Å². The molecule has 0 radical (unpaired) electrons. The lowest BCUT2D eigenvalue weighted by Crippen LogP contribution is -2.27. The molecule has 0 aliphatic heterocycles. The zero-order chi connectivity index (χ0) is 20.6. The first-order valence-corrected chi connectivity index (χ1v) is 9.23. The van der Waals surface area contributed by atoms with Gasteiger partial charge in [0.1, 0.15) is 30.0 Å². The summed E-state index contributed by atoms with van der Waals surface area (Å²) in [5.74, 6) is 2.05. The smallest absolute Gasteiger partial charge is 0.244 e. The quantitative estimate of drug-likeness (QED) is 0.452. The van der Waals surface area contributed by atoms with Crippen LogP contribution in [0.5, 0.6) is 5.75 Å². The molecule has 3 aromatic rings. The number of rotatable bonds is 8. The number of aromatic nitrogens is 4. The van der Waals surface area contributed by atoms with E-state index in [0.717, 1.165) is 28.5 Å². The van der Waals surface area contributed by atoms with E-state index < -0.39 is 0 Å². The van der Waals surface area contributed by atoms with E-state index in [1.54, 1.807) is 19.5 Å². The fourth-order valence-corrected chi connectivity index (χ4v) is 2.63. The number of anilines is 1. The van der Waals surface area contributed by atoms with E-state index in [4.69, 9.17) is 4.74 Å². The van der Waals surface area contributed by atoms with Crippen molar-refractivity contribution in [1.29, 1.82) is 0 Å². The Kier molecular flexibility index (Phi) is 6.57. The maximum atomic E-state index is 11.9. The summed E-state index contributed by atoms with van der Waals surface area (Å²) in [6, 6.07) is 9.33. The fraction of sp³-hybridized carbons (Fsp3) is 0.238. The molecule has 0 aliphatic rings. The van der Waals surface area contributed by atoms with E-state index in [-0.39, 0.29) is 5.91 Å². The van der Waals surface area contributed by atoms with Gasteiger partial charge in [-0.3, -0.25) is 9.36 Å². The largest absolute Gasteiger partial charge is 0.497 e. The summed E-state index contributed by atoms with van der Waals surface area (Å²) in [7, 11) is 1.62. The van der Waals surface area contributed by atoms with Crippen molar-refractivity contribution in [2.24, 2.45) is 0 Å². The monoisotopic (exact) mass is 392 g/mol. The molecule has 2 aromatic heterocycles. The van der Waals surface area contributed by atoms with Crippen LogP contribution in [0.3, 0.4) is 0 Å². The van der Waals surface area contributed by atoms with Crippen molar-refractivity contribution in [3.05, 3.63) is 66.0 Å². The first kappa shape index (κ1) is 20.1. The van der Waals surface area contributed by atoms with Crippen molar-refractivity contribution < 1.29 is 9.53 Å². The van der Waals surface area contributed by atoms with Crippen LogP contribution >= 0.6 is 0 Å². The van der Waals surface area contributed by atoms with Gasteiger partial charge >= 0.3 is 0 Å². The molecule has 1 amide bonds. The number of nitrogens with zero attached hydrogens (tertiary/aromatic N) is 4. The molecule has 29 heavy (non-hydrogen) atoms. The van der Waals surface area contributed by atoms with Crippen LogP contribution in [0.15, 0.2) is 49.1 Å². The Hall–Kier alpha value is -3.68. The molecule has 0 spiro atoms. The minimum atomic E-state index is -0.157. The highest BCUT2D eigenvalue weighted by atomic mass is 16.5. The minimum Gasteiger partial charge on any atom is -0.497 e. The summed E-state index contributed by atoms with van der Waals surface area (Å²) >= 11 is 0. The maximum absolute atomic E-state index is 11.9. The van der Waals surface area contributed by atoms with Gasteiger partial charge in [0.2, 0.25) is 5.91 Å². The average molecular weight is 392 g/mol. The Labute approximate surface area is 169 Å². The van der Waals surface area contributed by atoms with Crippen LogP contribution in [0.1, 0.15) is 17.0 Å². The van der Waals surface area contributed by atoms with Gasteiger partial charge in [-0.05, 0) is 37.6 Å². The lowest BCUT2D eigenvalue weighted by atomic mass is 10.2. The number of amides is 1. The molecule has 0 fully saturated rings. The van der Waals surface area contributed by atoms with Crippen LogP contribution in [-0.4, -0.2) is 45.6 Å². The molecular formula is C21H24N6O2. The first-order chi connectivity index (χ1) is 14.1. The Morgan fingerprint density at radius 1 is 1.14 bits per heavy atom. The van der Waals surface area contributed by atoms with Gasteiger partial charge in [-0.2, -0.15) is 0 Å². The van der Waals surface area contributed by atoms with Gasteiger partial charge in [-0.15, -0.1) is 0 Å². The molecule has 0 saturated heterocycles. The summed E-state index contributed by atoms with van der Waals surface area (Å²) in [4.78, 5) is 24.7. The number of carbonyl (C=O) groups is 1. The van der Waals surface area contributed by atoms with Crippen molar-refractivity contribution in [2.75, 3.05) is 25.5 Å². The third-order valence-corrected chi connectivity index (χ3v) is 4.42. The fourth-order valence-electron chi connectivity index (χ4n) is 2.63. The van der Waals surface area contributed by atoms with Gasteiger partial charge in [-0.1, -0.05) is 12.1 Å². The molecule has 150 valence electrons. The van der Waals surface area contributed by atoms with Gasteiger partial charge in [-0.25, -0.2) is 15.0 Å². The second-order valence-electron chi connectivity index (χ2n) is 6.37. The molecule has 8 nitrogen and oxygen atoms in total. The number of carbonyl (C=O) groups excluding carboxylic acids is 1. The molecular weight excluding hydrogens is 368 g/mol. The molecule has 0 aliphatic carbocycles. The highest BCUT2D eigenvalue weighted by Gasteiger charge is 2.06. The van der Waals surface area contributed by atoms with E-state index >= 15 is 0 Å². The first-order valence-electron chi connectivity index (χ1n) is 9.23. The molecule has 3 rings (SSSR count). The van der Waals surface area contributed by atoms with Gasteiger partial charge in [0.05, 0.1) is 12.8 Å². The number of aryl methyl sites for hydroxylation is 1. The summed E-state index contributed by atoms with van der Waals surface area (Å²) < 4.78 is 7.02. The zero-order valence-electron chi connectivity index (χ0n) is 16.7. The summed E-state index contributed by atoms with van der Waals surface area (Å²) in [6.07, 6.45) is 6.51. The summed E-state index contributed by atoms with van der Waals surface area (Å²) in [5, 5.41) is 6.02. The van der Waals surface area contributed by atoms with Crippen molar-refractivity contribution in [1.82, 2.24) is 24.8 Å². The standard InChI is InChI=1S/C21H24N6O2/c1-15-16(2)27(14-26-15)20-12-19(24-13-25-20)22-10-11-23-21(28)9-6-17-4-7-18(29-3)8-5-17/h4-9,12-14H,10-11H2,1-3H3,(H,23,28)(H,22,24,25)/b9-6+. The normalized spacial score (nSPS) is 10.9. The summed E-state index contributed by atoms with van der Waals surface area (Å²) in [5.41, 5.74) is 2.92. The Morgan fingerprint density at radius 2 is 1.93 bits per heavy atom. The van der Waals surface area contributed by atoms with Crippen molar-refractivity contribution in [3.8, 4) is 11.6 Å². The molecule has 0 saturated carbocycles. The van der Waals surface area contributed by atoms with Crippen LogP contribution in [0.4, 0.5) is 5.82 Å². The van der Waals surface area contributed by atoms with Crippen LogP contribution in [0.2, 0.25) is 0 Å². The molecule has 0 atom stereocenters. The van der Waals surface area contributed by atoms with E-state index in [9.17, 15) is 4.79 Å². The van der Waals surface area contributed by atoms with E-state index in [0.29, 0.717) is 18.9 Å². The number of ether oxygens (including phenoxy) is 1. The number of hydrogen-bond acceptors (Lipinski definition) is 6. The van der Waals surface area contributed by atoms with Gasteiger partial charge < -0.3 is 15.4 Å². The number of methoxy groups -OCH3 is 1. The Balaban J connectivity index is 1.46. The number of imidazole rings is 1. The number of benzene rings is 1. The van der Waals surface area contributed by atoms with Gasteiger partial charge in [0, 0.05) is 30.9 Å². The van der Waals surface area contributed by atoms with E-state index in [2.05, 4.69) is 25.6 Å². The summed E-state index contributed by atoms with van der Waals surface area (Å²) in [6.45, 7) is 4.96. The molecule has 2 heterocycles. The third kappa shape index (κ3) is 5.41. The van der Waals surface area contributed by atoms with E-state index in [1.807, 2.05) is 48.7 Å². The highest BCUT2D eigenvalue weighted by molar-refractivity contribution is 5.91. The van der Waals surface area contributed by atoms with Crippen LogP contribution in [-0.2, 0) is 4.79 Å². The predicted molar refractivity (Wildman–Crippen MR) is 112 cm³/mol. The lowest BCUT2D eigenvalue weighted by Gasteiger charge is -2.09. The predicted octanol–water partition coefficient (Wildman–Crippen LogP) is 2.53. The third-order valence-electron chi connectivity index (χ3n) is 4.42. The molecule has 2 N–H and O–H groups in total. The zero-order valence-corrected chi connectivity index (χ0v) is 16.7. The highest BCUT2D eigenvalue weighted by Crippen LogP contribution is 2.14. The minimum absolute atomic E-state index is 0.157. The number of hydrogen-bond donors (Lipinski definition) is 2. The van der Waals surface area contributed by atoms with Crippen molar-refractivity contribution >= 4 is 17.8 Å². The molecule has 1 aromatic carbocycles. The van der Waals surface area contributed by atoms with Crippen LogP contribution in [0.25, 0.3) is 11.9 Å². The second-order valence-corrected chi connectivity index (χ2v) is 6.37. The molecule has 0 bridgehead atoms. The maximum Gasteiger partial charge on any atom is 0.244 e. The molecule has 8 heteroatoms. The van der Waals surface area contributed by atoms with Crippen LogP contribution in [0, 0.1) is 13.8 Å². The van der Waals surface area contributed by atoms with Crippen LogP contribution < -0.4 is 15.4 Å². The Morgan fingerprint density at radius 3 is 2.62 bits per heavy atom. The van der Waals surface area contributed by atoms with Crippen molar-refractivity contribution in [2.45, 2.75) is 13.8 Å². The Bertz CT molecular complexity index is 995. The SMILES string of the molecule is COc1ccc(/C=C/C(=O)NCCNc2cc(-n3cnc(C)c3C)ncn2)cc1. The second kappa shape index (κ2) is 9.50. The average Bonchev–Trinajstić information content (AvgIpc) is 3.09.